The minimum Gasteiger partial charge on any atom is -0.322 e. The van der Waals surface area contributed by atoms with Crippen LogP contribution in [0.5, 0.6) is 0 Å². The zero-order chi connectivity index (χ0) is 18.4. The Morgan fingerprint density at radius 3 is 2.42 bits per heavy atom. The average molecular weight is 351 g/mol. The Morgan fingerprint density at radius 1 is 1.04 bits per heavy atom. The van der Waals surface area contributed by atoms with Gasteiger partial charge in [0.05, 0.1) is 0 Å². The number of hydrogen-bond donors (Lipinski definition) is 1. The number of aryl methyl sites for hydroxylation is 1. The Kier molecular flexibility index (Phi) is 6.45. The Morgan fingerprint density at radius 2 is 1.73 bits per heavy atom. The Hall–Kier alpha value is -2.13. The van der Waals surface area contributed by atoms with E-state index >= 15 is 0 Å². The smallest absolute Gasteiger partial charge is 0.255 e. The minimum atomic E-state index is -0.0413. The van der Waals surface area contributed by atoms with Crippen LogP contribution in [0.3, 0.4) is 0 Å². The van der Waals surface area contributed by atoms with Gasteiger partial charge in [-0.2, -0.15) is 0 Å². The Labute approximate surface area is 157 Å². The van der Waals surface area contributed by atoms with Gasteiger partial charge in [-0.3, -0.25) is 9.69 Å². The largest absolute Gasteiger partial charge is 0.322 e. The summed E-state index contributed by atoms with van der Waals surface area (Å²) in [5.41, 5.74) is 4.05. The Bertz CT molecular complexity index is 717. The molecule has 0 bridgehead atoms. The average Bonchev–Trinajstić information content (AvgIpc) is 2.70. The van der Waals surface area contributed by atoms with Crippen LogP contribution >= 0.6 is 0 Å². The van der Waals surface area contributed by atoms with Crippen LogP contribution in [0.15, 0.2) is 48.5 Å². The molecule has 0 heterocycles. The second-order valence-electron chi connectivity index (χ2n) is 7.37. The predicted octanol–water partition coefficient (Wildman–Crippen LogP) is 5.27. The summed E-state index contributed by atoms with van der Waals surface area (Å²) in [6, 6.07) is 16.7. The molecule has 0 atom stereocenters. The van der Waals surface area contributed by atoms with Crippen LogP contribution in [0.25, 0.3) is 0 Å². The molecule has 1 aliphatic carbocycles. The number of carbonyl (C=O) groups excluding carboxylic acids is 1. The van der Waals surface area contributed by atoms with Crippen LogP contribution in [0.2, 0.25) is 0 Å². The molecule has 3 nitrogen and oxygen atoms in total. The van der Waals surface area contributed by atoms with Crippen molar-refractivity contribution in [3.8, 4) is 0 Å². The number of amides is 1. The van der Waals surface area contributed by atoms with E-state index in [4.69, 9.17) is 0 Å². The van der Waals surface area contributed by atoms with Gasteiger partial charge in [-0.15, -0.1) is 0 Å². The van der Waals surface area contributed by atoms with E-state index in [9.17, 15) is 4.79 Å². The van der Waals surface area contributed by atoms with Gasteiger partial charge in [-0.1, -0.05) is 56.5 Å². The van der Waals surface area contributed by atoms with Crippen LogP contribution in [0.4, 0.5) is 5.69 Å². The second-order valence-corrected chi connectivity index (χ2v) is 7.37. The summed E-state index contributed by atoms with van der Waals surface area (Å²) in [6.07, 6.45) is 7.60. The van der Waals surface area contributed by atoms with Gasteiger partial charge in [0.2, 0.25) is 0 Å². The molecule has 0 spiro atoms. The van der Waals surface area contributed by atoms with Crippen molar-refractivity contribution in [2.75, 3.05) is 12.4 Å². The van der Waals surface area contributed by atoms with E-state index in [2.05, 4.69) is 36.3 Å². The lowest BCUT2D eigenvalue weighted by Crippen LogP contribution is -2.33. The van der Waals surface area contributed by atoms with Crippen molar-refractivity contribution in [3.63, 3.8) is 0 Å². The van der Waals surface area contributed by atoms with E-state index in [1.54, 1.807) is 0 Å². The Balaban J connectivity index is 1.68. The minimum absolute atomic E-state index is 0.0413. The third-order valence-electron chi connectivity index (χ3n) is 5.51. The van der Waals surface area contributed by atoms with E-state index < -0.39 is 0 Å². The number of anilines is 1. The fourth-order valence-corrected chi connectivity index (χ4v) is 3.79. The summed E-state index contributed by atoms with van der Waals surface area (Å²) >= 11 is 0. The summed E-state index contributed by atoms with van der Waals surface area (Å²) < 4.78 is 0. The quantitative estimate of drug-likeness (QED) is 0.770. The number of rotatable bonds is 6. The van der Waals surface area contributed by atoms with Gasteiger partial charge in [0.25, 0.3) is 5.91 Å². The SMILES string of the molecule is CCc1ccc(C(=O)Nc2ccccc2CN(C)C2CCCCC2)cc1. The number of para-hydroxylation sites is 1. The molecule has 0 unspecified atom stereocenters. The standard InChI is InChI=1S/C23H30N2O/c1-3-18-13-15-19(16-14-18)23(26)24-22-12-8-7-9-20(22)17-25(2)21-10-5-4-6-11-21/h7-9,12-16,21H,3-6,10-11,17H2,1-2H3,(H,24,26). The molecule has 1 saturated carbocycles. The van der Waals surface area contributed by atoms with E-state index in [-0.39, 0.29) is 5.91 Å². The van der Waals surface area contributed by atoms with Crippen LogP contribution in [0, 0.1) is 0 Å². The highest BCUT2D eigenvalue weighted by molar-refractivity contribution is 6.04. The van der Waals surface area contributed by atoms with Gasteiger partial charge < -0.3 is 5.32 Å². The van der Waals surface area contributed by atoms with Crippen LogP contribution in [0.1, 0.15) is 60.5 Å². The van der Waals surface area contributed by atoms with Crippen molar-refractivity contribution in [1.29, 1.82) is 0 Å². The lowest BCUT2D eigenvalue weighted by molar-refractivity contribution is 0.102. The van der Waals surface area contributed by atoms with Crippen molar-refractivity contribution < 1.29 is 4.79 Å². The van der Waals surface area contributed by atoms with Crippen molar-refractivity contribution in [1.82, 2.24) is 4.90 Å². The monoisotopic (exact) mass is 350 g/mol. The first-order valence-electron chi connectivity index (χ1n) is 9.86. The highest BCUT2D eigenvalue weighted by Crippen LogP contribution is 2.25. The van der Waals surface area contributed by atoms with Crippen molar-refractivity contribution in [3.05, 3.63) is 65.2 Å². The first kappa shape index (κ1) is 18.7. The van der Waals surface area contributed by atoms with Gasteiger partial charge in [0.15, 0.2) is 0 Å². The van der Waals surface area contributed by atoms with Crippen LogP contribution < -0.4 is 5.32 Å². The zero-order valence-corrected chi connectivity index (χ0v) is 16.0. The van der Waals surface area contributed by atoms with E-state index in [1.165, 1.54) is 43.2 Å². The third kappa shape index (κ3) is 4.73. The molecule has 26 heavy (non-hydrogen) atoms. The molecule has 1 fully saturated rings. The highest BCUT2D eigenvalue weighted by Gasteiger charge is 2.19. The second kappa shape index (κ2) is 9.00. The number of benzene rings is 2. The van der Waals surface area contributed by atoms with Crippen molar-refractivity contribution in [2.24, 2.45) is 0 Å². The molecule has 0 saturated heterocycles. The molecule has 2 aromatic rings. The van der Waals surface area contributed by atoms with Gasteiger partial charge in [0, 0.05) is 23.8 Å². The van der Waals surface area contributed by atoms with Gasteiger partial charge >= 0.3 is 0 Å². The lowest BCUT2D eigenvalue weighted by Gasteiger charge is -2.31. The molecule has 2 aromatic carbocycles. The summed E-state index contributed by atoms with van der Waals surface area (Å²) in [4.78, 5) is 15.1. The van der Waals surface area contributed by atoms with Gasteiger partial charge in [-0.25, -0.2) is 0 Å². The van der Waals surface area contributed by atoms with Crippen LogP contribution in [-0.4, -0.2) is 23.9 Å². The normalized spacial score (nSPS) is 15.2. The number of hydrogen-bond acceptors (Lipinski definition) is 2. The first-order valence-corrected chi connectivity index (χ1v) is 9.86. The fourth-order valence-electron chi connectivity index (χ4n) is 3.79. The van der Waals surface area contributed by atoms with E-state index in [1.807, 2.05) is 36.4 Å². The van der Waals surface area contributed by atoms with Gasteiger partial charge in [-0.05, 0) is 55.6 Å². The van der Waals surface area contributed by atoms with Crippen molar-refractivity contribution in [2.45, 2.75) is 58.0 Å². The summed E-state index contributed by atoms with van der Waals surface area (Å²) in [5.74, 6) is -0.0413. The maximum Gasteiger partial charge on any atom is 0.255 e. The molecule has 1 amide bonds. The topological polar surface area (TPSA) is 32.3 Å². The molecular weight excluding hydrogens is 320 g/mol. The van der Waals surface area contributed by atoms with Crippen LogP contribution in [-0.2, 0) is 13.0 Å². The molecule has 0 radical (unpaired) electrons. The number of nitrogens with zero attached hydrogens (tertiary/aromatic N) is 1. The molecule has 1 N–H and O–H groups in total. The molecule has 0 aliphatic heterocycles. The molecule has 138 valence electrons. The van der Waals surface area contributed by atoms with E-state index in [0.717, 1.165) is 18.7 Å². The summed E-state index contributed by atoms with van der Waals surface area (Å²) in [7, 11) is 2.21. The predicted molar refractivity (Wildman–Crippen MR) is 109 cm³/mol. The maximum atomic E-state index is 12.6. The number of nitrogens with one attached hydrogen (secondary N) is 1. The number of carbonyl (C=O) groups is 1. The fraction of sp³-hybridized carbons (Fsp3) is 0.435. The molecule has 3 heteroatoms. The molecule has 1 aliphatic rings. The lowest BCUT2D eigenvalue weighted by atomic mass is 9.94. The first-order chi connectivity index (χ1) is 12.7. The van der Waals surface area contributed by atoms with E-state index in [0.29, 0.717) is 11.6 Å². The maximum absolute atomic E-state index is 12.6. The van der Waals surface area contributed by atoms with Crippen molar-refractivity contribution >= 4 is 11.6 Å². The summed E-state index contributed by atoms with van der Waals surface area (Å²) in [5, 5.41) is 3.11. The highest BCUT2D eigenvalue weighted by atomic mass is 16.1. The zero-order valence-electron chi connectivity index (χ0n) is 16.0. The molecule has 0 aromatic heterocycles. The molecular formula is C23H30N2O. The summed E-state index contributed by atoms with van der Waals surface area (Å²) in [6.45, 7) is 2.99. The third-order valence-corrected chi connectivity index (χ3v) is 5.51. The molecule has 3 rings (SSSR count). The van der Waals surface area contributed by atoms with Gasteiger partial charge in [0.1, 0.15) is 0 Å².